The first-order chi connectivity index (χ1) is 7.02. The van der Waals surface area contributed by atoms with Crippen LogP contribution in [0.15, 0.2) is 12.1 Å². The zero-order valence-corrected chi connectivity index (χ0v) is 7.17. The molecule has 0 aliphatic carbocycles. The van der Waals surface area contributed by atoms with Gasteiger partial charge in [-0.3, -0.25) is 9.89 Å². The van der Waals surface area contributed by atoms with Gasteiger partial charge in [0.25, 0.3) is 0 Å². The van der Waals surface area contributed by atoms with Gasteiger partial charge in [-0.15, -0.1) is 5.10 Å². The second-order valence-electron chi connectivity index (χ2n) is 2.89. The highest BCUT2D eigenvalue weighted by atomic mass is 19.4. The number of fused-ring (bicyclic) bond motifs is 1. The number of rotatable bonds is 1. The van der Waals surface area contributed by atoms with Crippen molar-refractivity contribution >= 4 is 17.3 Å². The van der Waals surface area contributed by atoms with Crippen LogP contribution in [-0.4, -0.2) is 21.7 Å². The number of hydrogen-bond donors (Lipinski definition) is 1. The number of hydrogen-bond acceptors (Lipinski definition) is 3. The average Bonchev–Trinajstić information content (AvgIpc) is 2.62. The molecule has 0 aliphatic heterocycles. The number of carbonyl (C=O) groups excluding carboxylic acids is 1. The molecule has 7 heteroatoms. The standard InChI is InChI=1S/C8H4F3N3O/c9-8(10,11)5-1-4(3-15)7-6(2-5)12-14-13-7/h1-3H,(H,12,13,14). The molecule has 0 unspecified atom stereocenters. The van der Waals surface area contributed by atoms with E-state index in [-0.39, 0.29) is 16.6 Å². The van der Waals surface area contributed by atoms with E-state index in [1.165, 1.54) is 0 Å². The van der Waals surface area contributed by atoms with Gasteiger partial charge < -0.3 is 0 Å². The minimum atomic E-state index is -4.50. The molecule has 0 fully saturated rings. The summed E-state index contributed by atoms with van der Waals surface area (Å²) in [5.74, 6) is 0. The van der Waals surface area contributed by atoms with Gasteiger partial charge in [0.05, 0.1) is 11.1 Å². The van der Waals surface area contributed by atoms with E-state index in [1.807, 2.05) is 0 Å². The Bertz CT molecular complexity index is 517. The van der Waals surface area contributed by atoms with Crippen LogP contribution in [0, 0.1) is 0 Å². The average molecular weight is 215 g/mol. The Labute approximate surface area is 81.1 Å². The summed E-state index contributed by atoms with van der Waals surface area (Å²) in [6.45, 7) is 0. The van der Waals surface area contributed by atoms with Crippen molar-refractivity contribution in [1.29, 1.82) is 0 Å². The van der Waals surface area contributed by atoms with Crippen molar-refractivity contribution in [3.05, 3.63) is 23.3 Å². The van der Waals surface area contributed by atoms with E-state index >= 15 is 0 Å². The van der Waals surface area contributed by atoms with Crippen molar-refractivity contribution in [3.8, 4) is 0 Å². The molecule has 0 aliphatic rings. The number of benzene rings is 1. The second kappa shape index (κ2) is 3.04. The first kappa shape index (κ1) is 9.63. The molecule has 4 nitrogen and oxygen atoms in total. The van der Waals surface area contributed by atoms with Crippen LogP contribution in [0.5, 0.6) is 0 Å². The van der Waals surface area contributed by atoms with Crippen LogP contribution in [0.1, 0.15) is 15.9 Å². The van der Waals surface area contributed by atoms with Gasteiger partial charge in [0, 0.05) is 5.56 Å². The van der Waals surface area contributed by atoms with E-state index in [2.05, 4.69) is 15.4 Å². The monoisotopic (exact) mass is 215 g/mol. The van der Waals surface area contributed by atoms with E-state index in [4.69, 9.17) is 0 Å². The van der Waals surface area contributed by atoms with Gasteiger partial charge >= 0.3 is 6.18 Å². The fourth-order valence-corrected chi connectivity index (χ4v) is 1.23. The van der Waals surface area contributed by atoms with E-state index in [0.717, 1.165) is 12.1 Å². The molecule has 1 N–H and O–H groups in total. The van der Waals surface area contributed by atoms with Crippen molar-refractivity contribution < 1.29 is 18.0 Å². The first-order valence-corrected chi connectivity index (χ1v) is 3.89. The van der Waals surface area contributed by atoms with Gasteiger partial charge in [-0.25, -0.2) is 0 Å². The molecule has 0 radical (unpaired) electrons. The molecule has 0 atom stereocenters. The Morgan fingerprint density at radius 2 is 2.07 bits per heavy atom. The predicted molar refractivity (Wildman–Crippen MR) is 44.3 cm³/mol. The molecular formula is C8H4F3N3O. The molecule has 1 aromatic carbocycles. The molecule has 15 heavy (non-hydrogen) atoms. The molecule has 1 heterocycles. The maximum absolute atomic E-state index is 12.4. The number of aromatic nitrogens is 3. The van der Waals surface area contributed by atoms with Crippen molar-refractivity contribution in [1.82, 2.24) is 15.4 Å². The normalized spacial score (nSPS) is 11.9. The highest BCUT2D eigenvalue weighted by molar-refractivity contribution is 5.94. The van der Waals surface area contributed by atoms with Gasteiger partial charge in [-0.05, 0) is 12.1 Å². The van der Waals surface area contributed by atoms with Crippen molar-refractivity contribution in [2.75, 3.05) is 0 Å². The smallest absolute Gasteiger partial charge is 0.298 e. The lowest BCUT2D eigenvalue weighted by atomic mass is 10.1. The Morgan fingerprint density at radius 1 is 1.33 bits per heavy atom. The molecular weight excluding hydrogens is 211 g/mol. The number of aldehydes is 1. The number of nitrogens with zero attached hydrogens (tertiary/aromatic N) is 2. The minimum absolute atomic E-state index is 0.0203. The Balaban J connectivity index is 2.74. The summed E-state index contributed by atoms with van der Waals surface area (Å²) in [5, 5.41) is 9.13. The summed E-state index contributed by atoms with van der Waals surface area (Å²) in [7, 11) is 0. The third-order valence-electron chi connectivity index (χ3n) is 1.92. The SMILES string of the molecule is O=Cc1cc(C(F)(F)F)cc2nn[nH]c12. The van der Waals surface area contributed by atoms with Crippen molar-refractivity contribution in [2.45, 2.75) is 6.18 Å². The molecule has 2 rings (SSSR count). The van der Waals surface area contributed by atoms with Gasteiger partial charge in [0.15, 0.2) is 6.29 Å². The van der Waals surface area contributed by atoms with Crippen molar-refractivity contribution in [3.63, 3.8) is 0 Å². The summed E-state index contributed by atoms with van der Waals surface area (Å²) in [4.78, 5) is 10.6. The molecule has 0 saturated carbocycles. The minimum Gasteiger partial charge on any atom is -0.298 e. The molecule has 0 spiro atoms. The lowest BCUT2D eigenvalue weighted by Gasteiger charge is -2.06. The van der Waals surface area contributed by atoms with Gasteiger partial charge in [-0.2, -0.15) is 13.2 Å². The third kappa shape index (κ3) is 1.56. The number of alkyl halides is 3. The van der Waals surface area contributed by atoms with E-state index < -0.39 is 11.7 Å². The summed E-state index contributed by atoms with van der Waals surface area (Å²) in [6, 6.07) is 1.60. The van der Waals surface area contributed by atoms with Gasteiger partial charge in [-0.1, -0.05) is 5.21 Å². The number of carbonyl (C=O) groups is 1. The topological polar surface area (TPSA) is 58.6 Å². The lowest BCUT2D eigenvalue weighted by Crippen LogP contribution is -2.05. The number of nitrogens with one attached hydrogen (secondary N) is 1. The van der Waals surface area contributed by atoms with Crippen LogP contribution < -0.4 is 0 Å². The van der Waals surface area contributed by atoms with Crippen LogP contribution in [-0.2, 0) is 6.18 Å². The van der Waals surface area contributed by atoms with Crippen LogP contribution in [0.25, 0.3) is 11.0 Å². The molecule has 0 saturated heterocycles. The van der Waals surface area contributed by atoms with E-state index in [9.17, 15) is 18.0 Å². The van der Waals surface area contributed by atoms with Crippen LogP contribution >= 0.6 is 0 Å². The van der Waals surface area contributed by atoms with Crippen molar-refractivity contribution in [2.24, 2.45) is 0 Å². The van der Waals surface area contributed by atoms with Gasteiger partial charge in [0.2, 0.25) is 0 Å². The summed E-state index contributed by atoms with van der Waals surface area (Å²) >= 11 is 0. The molecule has 2 aromatic rings. The number of H-pyrrole nitrogens is 1. The molecule has 1 aromatic heterocycles. The first-order valence-electron chi connectivity index (χ1n) is 3.89. The van der Waals surface area contributed by atoms with Crippen LogP contribution in [0.4, 0.5) is 13.2 Å². The van der Waals surface area contributed by atoms with E-state index in [0.29, 0.717) is 6.29 Å². The Hall–Kier alpha value is -1.92. The fourth-order valence-electron chi connectivity index (χ4n) is 1.23. The summed E-state index contributed by atoms with van der Waals surface area (Å²) < 4.78 is 37.1. The number of aromatic amines is 1. The molecule has 0 amide bonds. The van der Waals surface area contributed by atoms with Gasteiger partial charge in [0.1, 0.15) is 5.52 Å². The second-order valence-corrected chi connectivity index (χ2v) is 2.89. The van der Waals surface area contributed by atoms with E-state index in [1.54, 1.807) is 0 Å². The molecule has 78 valence electrons. The Morgan fingerprint density at radius 3 is 2.67 bits per heavy atom. The fraction of sp³-hybridized carbons (Fsp3) is 0.125. The Kier molecular flexibility index (Phi) is 1.95. The summed E-state index contributed by atoms with van der Waals surface area (Å²) in [5.41, 5.74) is -0.791. The maximum Gasteiger partial charge on any atom is 0.416 e. The highest BCUT2D eigenvalue weighted by Crippen LogP contribution is 2.31. The maximum atomic E-state index is 12.4. The zero-order valence-electron chi connectivity index (χ0n) is 7.17. The number of halogens is 3. The molecule has 0 bridgehead atoms. The zero-order chi connectivity index (χ0) is 11.1. The predicted octanol–water partition coefficient (Wildman–Crippen LogP) is 1.79. The van der Waals surface area contributed by atoms with Crippen LogP contribution in [0.2, 0.25) is 0 Å². The summed E-state index contributed by atoms with van der Waals surface area (Å²) in [6.07, 6.45) is -4.16. The quantitative estimate of drug-likeness (QED) is 0.737. The highest BCUT2D eigenvalue weighted by Gasteiger charge is 2.31. The largest absolute Gasteiger partial charge is 0.416 e. The third-order valence-corrected chi connectivity index (χ3v) is 1.92. The van der Waals surface area contributed by atoms with Crippen LogP contribution in [0.3, 0.4) is 0 Å². The lowest BCUT2D eigenvalue weighted by molar-refractivity contribution is -0.137.